The van der Waals surface area contributed by atoms with Gasteiger partial charge in [-0.25, -0.2) is 5.48 Å². The molecule has 2 aromatic rings. The van der Waals surface area contributed by atoms with Gasteiger partial charge >= 0.3 is 15.6 Å². The Morgan fingerprint density at radius 3 is 2.30 bits per heavy atom. The molecule has 0 atom stereocenters. The van der Waals surface area contributed by atoms with E-state index in [9.17, 15) is 31.2 Å². The van der Waals surface area contributed by atoms with Crippen LogP contribution in [0.2, 0.25) is 0 Å². The first kappa shape index (κ1) is 16.9. The molecule has 0 aliphatic carbocycles. The predicted molar refractivity (Wildman–Crippen MR) is 72.9 cm³/mol. The lowest BCUT2D eigenvalue weighted by molar-refractivity contribution is -0.0571. The molecule has 1 amide bonds. The summed E-state index contributed by atoms with van der Waals surface area (Å²) in [6, 6.07) is 8.75. The van der Waals surface area contributed by atoms with Crippen LogP contribution in [0.1, 0.15) is 20.7 Å². The molecule has 0 saturated heterocycles. The number of fused-ring (bicyclic) bond motifs is 1. The summed E-state index contributed by atoms with van der Waals surface area (Å²) < 4.78 is 61.4. The number of aldehydes is 1. The van der Waals surface area contributed by atoms with Gasteiger partial charge in [-0.2, -0.15) is 21.6 Å². The molecule has 0 radical (unpaired) electrons. The second kappa shape index (κ2) is 5.97. The average Bonchev–Trinajstić information content (AvgIpc) is 2.50. The number of hydroxylamine groups is 1. The SMILES string of the molecule is O=Cc1cccc2cccc(C(=O)NOS(=O)(=O)C(F)(F)F)c12. The van der Waals surface area contributed by atoms with Crippen molar-refractivity contribution in [2.24, 2.45) is 0 Å². The van der Waals surface area contributed by atoms with Crippen molar-refractivity contribution in [3.05, 3.63) is 47.5 Å². The molecule has 0 fully saturated rings. The van der Waals surface area contributed by atoms with Gasteiger partial charge in [0.2, 0.25) is 0 Å². The highest BCUT2D eigenvalue weighted by molar-refractivity contribution is 7.87. The van der Waals surface area contributed by atoms with Crippen LogP contribution in [0.4, 0.5) is 13.2 Å². The minimum atomic E-state index is -5.97. The molecule has 2 aromatic carbocycles. The molecule has 0 aliphatic heterocycles. The van der Waals surface area contributed by atoms with E-state index in [1.165, 1.54) is 23.7 Å². The molecule has 0 bridgehead atoms. The average molecular weight is 347 g/mol. The molecule has 23 heavy (non-hydrogen) atoms. The summed E-state index contributed by atoms with van der Waals surface area (Å²) in [6.07, 6.45) is 0.465. The van der Waals surface area contributed by atoms with Crippen LogP contribution in [-0.4, -0.2) is 26.1 Å². The molecule has 0 aromatic heterocycles. The fraction of sp³-hybridized carbons (Fsp3) is 0.0769. The summed E-state index contributed by atoms with van der Waals surface area (Å²) in [6.45, 7) is 0. The van der Waals surface area contributed by atoms with Crippen molar-refractivity contribution in [2.45, 2.75) is 5.51 Å². The number of hydrogen-bond acceptors (Lipinski definition) is 5. The number of carbonyl (C=O) groups excluding carboxylic acids is 2. The zero-order valence-corrected chi connectivity index (χ0v) is 11.9. The van der Waals surface area contributed by atoms with Crippen molar-refractivity contribution in [1.29, 1.82) is 0 Å². The summed E-state index contributed by atoms with van der Waals surface area (Å²) in [5, 5.41) is 0.636. The highest BCUT2D eigenvalue weighted by atomic mass is 32.2. The van der Waals surface area contributed by atoms with E-state index in [-0.39, 0.29) is 16.5 Å². The van der Waals surface area contributed by atoms with Gasteiger partial charge in [-0.05, 0) is 11.5 Å². The topological polar surface area (TPSA) is 89.5 Å². The zero-order valence-electron chi connectivity index (χ0n) is 11.1. The Kier molecular flexibility index (Phi) is 4.39. The van der Waals surface area contributed by atoms with Gasteiger partial charge in [0.15, 0.2) is 6.29 Å². The molecule has 0 aliphatic rings. The van der Waals surface area contributed by atoms with Crippen LogP contribution >= 0.6 is 0 Å². The van der Waals surface area contributed by atoms with E-state index >= 15 is 0 Å². The highest BCUT2D eigenvalue weighted by Gasteiger charge is 2.48. The number of carbonyl (C=O) groups is 2. The molecule has 0 heterocycles. The molecule has 10 heteroatoms. The van der Waals surface area contributed by atoms with E-state index in [0.29, 0.717) is 11.7 Å². The lowest BCUT2D eigenvalue weighted by Gasteiger charge is -2.10. The Labute approximate surface area is 127 Å². The summed E-state index contributed by atoms with van der Waals surface area (Å²) in [5.74, 6) is -1.24. The maximum Gasteiger partial charge on any atom is 0.525 e. The van der Waals surface area contributed by atoms with E-state index in [1.807, 2.05) is 0 Å². The molecule has 0 unspecified atom stereocenters. The monoisotopic (exact) mass is 347 g/mol. The molecular formula is C13H8F3NO5S. The van der Waals surface area contributed by atoms with E-state index in [2.05, 4.69) is 4.28 Å². The van der Waals surface area contributed by atoms with E-state index in [0.717, 1.165) is 0 Å². The predicted octanol–water partition coefficient (Wildman–Crippen LogP) is 2.16. The third-order valence-electron chi connectivity index (χ3n) is 2.84. The van der Waals surface area contributed by atoms with Crippen molar-refractivity contribution >= 4 is 33.1 Å². The van der Waals surface area contributed by atoms with Crippen LogP contribution in [0, 0.1) is 0 Å². The number of amides is 1. The first-order valence-corrected chi connectivity index (χ1v) is 7.35. The van der Waals surface area contributed by atoms with Gasteiger partial charge < -0.3 is 0 Å². The summed E-state index contributed by atoms with van der Waals surface area (Å²) >= 11 is 0. The van der Waals surface area contributed by atoms with E-state index in [4.69, 9.17) is 0 Å². The highest BCUT2D eigenvalue weighted by Crippen LogP contribution is 2.25. The normalized spacial score (nSPS) is 12.1. The van der Waals surface area contributed by atoms with Crippen molar-refractivity contribution in [1.82, 2.24) is 5.48 Å². The van der Waals surface area contributed by atoms with Gasteiger partial charge in [-0.15, -0.1) is 4.28 Å². The minimum absolute atomic E-state index is 0.118. The van der Waals surface area contributed by atoms with E-state index in [1.54, 1.807) is 18.2 Å². The van der Waals surface area contributed by atoms with Gasteiger partial charge in [0.05, 0.1) is 5.56 Å². The first-order valence-electron chi connectivity index (χ1n) is 5.94. The number of nitrogens with one attached hydrogen (secondary N) is 1. The van der Waals surface area contributed by atoms with Crippen molar-refractivity contribution < 1.29 is 35.5 Å². The summed E-state index contributed by atoms with van der Waals surface area (Å²) in [4.78, 5) is 23.0. The van der Waals surface area contributed by atoms with Gasteiger partial charge in [0.1, 0.15) is 0 Å². The zero-order chi connectivity index (χ0) is 17.3. The molecule has 0 spiro atoms. The Morgan fingerprint density at radius 2 is 1.74 bits per heavy atom. The fourth-order valence-corrected chi connectivity index (χ4v) is 2.13. The molecular weight excluding hydrogens is 339 g/mol. The van der Waals surface area contributed by atoms with Gasteiger partial charge in [-0.3, -0.25) is 9.59 Å². The Balaban J connectivity index is 2.38. The molecule has 122 valence electrons. The van der Waals surface area contributed by atoms with Crippen LogP contribution in [0.15, 0.2) is 36.4 Å². The van der Waals surface area contributed by atoms with Crippen molar-refractivity contribution in [3.63, 3.8) is 0 Å². The number of rotatable bonds is 4. The van der Waals surface area contributed by atoms with E-state index < -0.39 is 21.5 Å². The first-order chi connectivity index (χ1) is 10.7. The summed E-state index contributed by atoms with van der Waals surface area (Å²) in [7, 11) is -5.97. The smallest absolute Gasteiger partial charge is 0.298 e. The maximum atomic E-state index is 12.1. The third kappa shape index (κ3) is 3.32. The largest absolute Gasteiger partial charge is 0.525 e. The number of halogens is 3. The maximum absolute atomic E-state index is 12.1. The summed E-state index contributed by atoms with van der Waals surface area (Å²) in [5.41, 5.74) is -4.54. The lowest BCUT2D eigenvalue weighted by Crippen LogP contribution is -2.34. The Morgan fingerprint density at radius 1 is 1.13 bits per heavy atom. The Bertz CT molecular complexity index is 872. The van der Waals surface area contributed by atoms with Crippen LogP contribution in [-0.2, 0) is 14.4 Å². The van der Waals surface area contributed by atoms with Gasteiger partial charge in [0.25, 0.3) is 5.91 Å². The molecule has 1 N–H and O–H groups in total. The van der Waals surface area contributed by atoms with Crippen LogP contribution < -0.4 is 5.48 Å². The van der Waals surface area contributed by atoms with Crippen LogP contribution in [0.5, 0.6) is 0 Å². The van der Waals surface area contributed by atoms with Crippen LogP contribution in [0.25, 0.3) is 10.8 Å². The second-order valence-corrected chi connectivity index (χ2v) is 5.82. The third-order valence-corrected chi connectivity index (χ3v) is 3.71. The Hall–Kier alpha value is -2.46. The quantitative estimate of drug-likeness (QED) is 0.520. The number of hydrogen-bond donors (Lipinski definition) is 1. The minimum Gasteiger partial charge on any atom is -0.298 e. The van der Waals surface area contributed by atoms with Crippen LogP contribution in [0.3, 0.4) is 0 Å². The molecule has 6 nitrogen and oxygen atoms in total. The molecule has 2 rings (SSSR count). The standard InChI is InChI=1S/C13H8F3NO5S/c14-13(15,16)23(20,21)22-17-12(19)10-6-2-4-8-3-1-5-9(7-18)11(8)10/h1-7H,(H,17,19). The van der Waals surface area contributed by atoms with Crippen molar-refractivity contribution in [2.75, 3.05) is 0 Å². The fourth-order valence-electron chi connectivity index (χ4n) is 1.85. The van der Waals surface area contributed by atoms with Crippen molar-refractivity contribution in [3.8, 4) is 0 Å². The van der Waals surface area contributed by atoms with Gasteiger partial charge in [-0.1, -0.05) is 30.3 Å². The van der Waals surface area contributed by atoms with Gasteiger partial charge in [0, 0.05) is 10.9 Å². The number of benzene rings is 2. The molecule has 0 saturated carbocycles. The number of alkyl halides is 3. The second-order valence-electron chi connectivity index (χ2n) is 4.28. The lowest BCUT2D eigenvalue weighted by atomic mass is 9.99.